The highest BCUT2D eigenvalue weighted by Gasteiger charge is 2.30. The van der Waals surface area contributed by atoms with E-state index in [2.05, 4.69) is 57.0 Å². The van der Waals surface area contributed by atoms with E-state index in [0.29, 0.717) is 31.2 Å². The van der Waals surface area contributed by atoms with E-state index >= 15 is 0 Å². The maximum Gasteiger partial charge on any atom is 0.293 e. The van der Waals surface area contributed by atoms with E-state index in [-0.39, 0.29) is 35.1 Å². The van der Waals surface area contributed by atoms with E-state index in [1.54, 1.807) is 24.4 Å². The van der Waals surface area contributed by atoms with Crippen LogP contribution in [0.2, 0.25) is 5.02 Å². The summed E-state index contributed by atoms with van der Waals surface area (Å²) in [6.45, 7) is 8.47. The molecule has 318 valence electrons. The van der Waals surface area contributed by atoms with Gasteiger partial charge in [-0.25, -0.2) is 18.1 Å². The number of hydrogen-bond donors (Lipinski definition) is 3. The zero-order chi connectivity index (χ0) is 42.7. The number of nitrogens with one attached hydrogen (secondary N) is 3. The summed E-state index contributed by atoms with van der Waals surface area (Å²) in [7, 11) is -4.58. The molecule has 14 nitrogen and oxygen atoms in total. The summed E-state index contributed by atoms with van der Waals surface area (Å²) in [6.07, 6.45) is 9.05. The normalized spacial score (nSPS) is 18.4. The number of benzene rings is 3. The highest BCUT2D eigenvalue weighted by atomic mass is 35.5. The second kappa shape index (κ2) is 17.8. The fourth-order valence-corrected chi connectivity index (χ4v) is 9.15. The molecule has 0 spiro atoms. The number of aromatic nitrogens is 2. The Hall–Kier alpha value is -5.58. The molecule has 3 aromatic carbocycles. The molecule has 0 radical (unpaired) electrons. The molecule has 1 fully saturated rings. The lowest BCUT2D eigenvalue weighted by Gasteiger charge is -2.36. The van der Waals surface area contributed by atoms with Crippen molar-refractivity contribution in [2.45, 2.75) is 50.5 Å². The van der Waals surface area contributed by atoms with Crippen LogP contribution >= 0.6 is 11.6 Å². The Kier molecular flexibility index (Phi) is 12.3. The number of amides is 1. The van der Waals surface area contributed by atoms with Crippen LogP contribution in [0.15, 0.2) is 102 Å². The average Bonchev–Trinajstić information content (AvgIpc) is 3.72. The largest absolute Gasteiger partial charge is 0.455 e. The number of H-pyrrole nitrogens is 1. The van der Waals surface area contributed by atoms with Crippen LogP contribution in [0.25, 0.3) is 22.2 Å². The van der Waals surface area contributed by atoms with Crippen LogP contribution in [-0.2, 0) is 19.5 Å². The topological polar surface area (TPSA) is 178 Å². The molecular formula is C45H47ClN6O8S. The first kappa shape index (κ1) is 42.1. The molecule has 1 amide bonds. The van der Waals surface area contributed by atoms with Gasteiger partial charge in [-0.15, -0.1) is 0 Å². The third kappa shape index (κ3) is 9.98. The molecule has 61 heavy (non-hydrogen) atoms. The van der Waals surface area contributed by atoms with Crippen molar-refractivity contribution in [2.75, 3.05) is 51.3 Å². The molecule has 0 saturated carbocycles. The van der Waals surface area contributed by atoms with Crippen LogP contribution < -0.4 is 14.8 Å². The average molecular weight is 867 g/mol. The van der Waals surface area contributed by atoms with Crippen molar-refractivity contribution < 1.29 is 32.3 Å². The Labute approximate surface area is 359 Å². The number of carbonyl (C=O) groups is 1. The zero-order valence-corrected chi connectivity index (χ0v) is 35.5. The maximum atomic E-state index is 13.9. The van der Waals surface area contributed by atoms with Gasteiger partial charge in [0.1, 0.15) is 22.8 Å². The number of pyridine rings is 1. The van der Waals surface area contributed by atoms with Gasteiger partial charge in [0.05, 0.1) is 47.5 Å². The Morgan fingerprint density at radius 3 is 2.64 bits per heavy atom. The molecule has 2 aliphatic heterocycles. The van der Waals surface area contributed by atoms with Gasteiger partial charge in [0, 0.05) is 48.9 Å². The quantitative estimate of drug-likeness (QED) is 0.0763. The highest BCUT2D eigenvalue weighted by Crippen LogP contribution is 2.44. The second-order valence-corrected chi connectivity index (χ2v) is 18.5. The van der Waals surface area contributed by atoms with Crippen LogP contribution in [0.3, 0.4) is 0 Å². The maximum absolute atomic E-state index is 13.9. The predicted molar refractivity (Wildman–Crippen MR) is 234 cm³/mol. The number of nitrogens with zero attached hydrogens (tertiary/aromatic N) is 3. The summed E-state index contributed by atoms with van der Waals surface area (Å²) in [5.74, 6) is -0.512. The molecular weight excluding hydrogens is 820 g/mol. The van der Waals surface area contributed by atoms with E-state index in [9.17, 15) is 23.3 Å². The lowest BCUT2D eigenvalue weighted by molar-refractivity contribution is -0.384. The van der Waals surface area contributed by atoms with Gasteiger partial charge < -0.3 is 24.5 Å². The number of sulfonamides is 1. The van der Waals surface area contributed by atoms with Gasteiger partial charge in [-0.05, 0) is 102 Å². The third-order valence-corrected chi connectivity index (χ3v) is 13.0. The molecule has 16 heteroatoms. The minimum atomic E-state index is -4.58. The molecule has 1 atom stereocenters. The van der Waals surface area contributed by atoms with E-state index < -0.39 is 31.4 Å². The van der Waals surface area contributed by atoms with Crippen LogP contribution in [-0.4, -0.2) is 86.2 Å². The van der Waals surface area contributed by atoms with Crippen molar-refractivity contribution in [1.29, 1.82) is 0 Å². The molecule has 3 aliphatic rings. The van der Waals surface area contributed by atoms with Crippen LogP contribution in [0, 0.1) is 15.5 Å². The van der Waals surface area contributed by atoms with Crippen molar-refractivity contribution in [2.24, 2.45) is 5.41 Å². The number of anilines is 1. The summed E-state index contributed by atoms with van der Waals surface area (Å²) < 4.78 is 46.7. The molecule has 1 saturated heterocycles. The number of aromatic amines is 1. The van der Waals surface area contributed by atoms with Gasteiger partial charge >= 0.3 is 0 Å². The Bertz CT molecular complexity index is 2640. The van der Waals surface area contributed by atoms with Crippen molar-refractivity contribution in [1.82, 2.24) is 19.6 Å². The first-order valence-electron chi connectivity index (χ1n) is 20.2. The van der Waals surface area contributed by atoms with Crippen molar-refractivity contribution >= 4 is 61.1 Å². The Morgan fingerprint density at radius 1 is 1.07 bits per heavy atom. The zero-order valence-electron chi connectivity index (χ0n) is 33.9. The Morgan fingerprint density at radius 2 is 1.89 bits per heavy atom. The van der Waals surface area contributed by atoms with E-state index in [1.807, 2.05) is 18.2 Å². The monoisotopic (exact) mass is 866 g/mol. The summed E-state index contributed by atoms with van der Waals surface area (Å²) in [5.41, 5.74) is 6.41. The van der Waals surface area contributed by atoms with Crippen LogP contribution in [0.5, 0.6) is 11.5 Å². The van der Waals surface area contributed by atoms with Gasteiger partial charge in [0.15, 0.2) is 0 Å². The molecule has 1 aliphatic carbocycles. The van der Waals surface area contributed by atoms with Gasteiger partial charge in [-0.1, -0.05) is 55.3 Å². The summed E-state index contributed by atoms with van der Waals surface area (Å²) in [6, 6.07) is 20.2. The molecule has 8 rings (SSSR count). The van der Waals surface area contributed by atoms with Gasteiger partial charge in [-0.2, -0.15) is 0 Å². The molecule has 2 aromatic heterocycles. The standard InChI is InChI=1S/C45H47ClN6O8S/c1-45(2)15-11-33(39(24-45)30-3-6-34(46)7-4-30)27-51-17-13-29(14-18-51)31-5-9-38(42(22-31)60-35-21-32-12-16-47-43(32)49-25-35)44(53)50-61(56,57)37-8-10-40(41(23-37)52(54)55)48-26-36-28-58-19-20-59-36/h3-10,12-13,16,21-23,25,36,48H,11,14-15,17-20,24,26-28H2,1-2H3,(H,47,49)(H,50,53)/t36-/m0/s1. The van der Waals surface area contributed by atoms with E-state index in [4.69, 9.17) is 25.8 Å². The molecule has 3 N–H and O–H groups in total. The molecule has 4 heterocycles. The van der Waals surface area contributed by atoms with Crippen molar-refractivity contribution in [3.05, 3.63) is 129 Å². The Balaban J connectivity index is 1.03. The van der Waals surface area contributed by atoms with E-state index in [1.165, 1.54) is 41.1 Å². The van der Waals surface area contributed by atoms with Gasteiger partial charge in [-0.3, -0.25) is 19.8 Å². The number of rotatable bonds is 13. The number of nitro groups is 1. The number of carbonyl (C=O) groups excluding carboxylic acids is 1. The third-order valence-electron chi connectivity index (χ3n) is 11.4. The first-order valence-corrected chi connectivity index (χ1v) is 22.1. The lowest BCUT2D eigenvalue weighted by atomic mass is 9.72. The SMILES string of the molecule is CC1(C)CCC(CN2CC=C(c3ccc(C(=O)NS(=O)(=O)c4ccc(NC[C@H]5COCCO5)c([N+](=O)[O-])c4)c(Oc4cnc5[nH]ccc5c4)c3)CC2)=C(c2ccc(Cl)cc2)C1. The smallest absolute Gasteiger partial charge is 0.293 e. The second-order valence-electron chi connectivity index (χ2n) is 16.4. The minimum Gasteiger partial charge on any atom is -0.455 e. The van der Waals surface area contributed by atoms with Crippen LogP contribution in [0.4, 0.5) is 11.4 Å². The first-order chi connectivity index (χ1) is 29.3. The van der Waals surface area contributed by atoms with Crippen molar-refractivity contribution in [3.63, 3.8) is 0 Å². The molecule has 0 bridgehead atoms. The molecule has 0 unspecified atom stereocenters. The van der Waals surface area contributed by atoms with Gasteiger partial charge in [0.2, 0.25) is 0 Å². The number of ether oxygens (including phenoxy) is 3. The van der Waals surface area contributed by atoms with Crippen LogP contribution in [0.1, 0.15) is 61.0 Å². The van der Waals surface area contributed by atoms with Crippen molar-refractivity contribution in [3.8, 4) is 11.5 Å². The fourth-order valence-electron chi connectivity index (χ4n) is 8.04. The summed E-state index contributed by atoms with van der Waals surface area (Å²) >= 11 is 6.23. The number of allylic oxidation sites excluding steroid dienone is 1. The highest BCUT2D eigenvalue weighted by molar-refractivity contribution is 7.90. The number of fused-ring (bicyclic) bond motifs is 1. The number of nitro benzene ring substituents is 1. The van der Waals surface area contributed by atoms with E-state index in [0.717, 1.165) is 72.9 Å². The fraction of sp³-hybridized carbons (Fsp3) is 0.333. The lowest BCUT2D eigenvalue weighted by Crippen LogP contribution is -2.34. The number of hydrogen-bond acceptors (Lipinski definition) is 11. The minimum absolute atomic E-state index is 0.0519. The summed E-state index contributed by atoms with van der Waals surface area (Å²) in [5, 5.41) is 16.5. The summed E-state index contributed by atoms with van der Waals surface area (Å²) in [4.78, 5) is 34.7. The molecule has 5 aromatic rings. The number of halogens is 1. The predicted octanol–water partition coefficient (Wildman–Crippen LogP) is 8.62. The van der Waals surface area contributed by atoms with Gasteiger partial charge in [0.25, 0.3) is 21.6 Å².